The average molecular weight is 419 g/mol. The molecule has 2 aromatic rings. The predicted octanol–water partition coefficient (Wildman–Crippen LogP) is 2.38. The zero-order valence-corrected chi connectivity index (χ0v) is 17.5. The fraction of sp³-hybridized carbons (Fsp3) is 0.429. The van der Waals surface area contributed by atoms with Crippen LogP contribution >= 0.6 is 0 Å². The van der Waals surface area contributed by atoms with Gasteiger partial charge in [-0.15, -0.1) is 0 Å². The molecule has 4 rings (SSSR count). The first kappa shape index (κ1) is 20.2. The van der Waals surface area contributed by atoms with E-state index >= 15 is 0 Å². The molecule has 0 radical (unpaired) electrons. The van der Waals surface area contributed by atoms with Gasteiger partial charge in [0, 0.05) is 25.7 Å². The summed E-state index contributed by atoms with van der Waals surface area (Å²) in [6.07, 6.45) is 0. The summed E-state index contributed by atoms with van der Waals surface area (Å²) in [5, 5.41) is 0. The number of morpholine rings is 1. The van der Waals surface area contributed by atoms with Gasteiger partial charge >= 0.3 is 0 Å². The summed E-state index contributed by atoms with van der Waals surface area (Å²) in [7, 11) is -3.63. The van der Waals surface area contributed by atoms with Gasteiger partial charge in [-0.05, 0) is 48.7 Å². The Balaban J connectivity index is 1.59. The average Bonchev–Trinajstić information content (AvgIpc) is 3.18. The number of hydrogen-bond donors (Lipinski definition) is 1. The number of nitrogens with one attached hydrogen (secondary N) is 1. The SMILES string of the molecule is Cc1ccc(C)c(S(=O)(=O)NC[C@@H](c2ccc3c(c2)OCO3)N2CCOCC2)c1. The molecule has 0 amide bonds. The van der Waals surface area contributed by atoms with Crippen molar-refractivity contribution in [1.29, 1.82) is 0 Å². The highest BCUT2D eigenvalue weighted by atomic mass is 32.2. The maximum atomic E-state index is 13.0. The molecule has 156 valence electrons. The van der Waals surface area contributed by atoms with Crippen LogP contribution in [0.3, 0.4) is 0 Å². The molecule has 0 unspecified atom stereocenters. The minimum atomic E-state index is -3.63. The van der Waals surface area contributed by atoms with Crippen LogP contribution in [0.1, 0.15) is 22.7 Å². The van der Waals surface area contributed by atoms with Gasteiger partial charge in [-0.1, -0.05) is 18.2 Å². The first-order chi connectivity index (χ1) is 13.9. The van der Waals surface area contributed by atoms with Crippen LogP contribution < -0.4 is 14.2 Å². The van der Waals surface area contributed by atoms with Gasteiger partial charge in [0.25, 0.3) is 0 Å². The Morgan fingerprint density at radius 1 is 1.03 bits per heavy atom. The quantitative estimate of drug-likeness (QED) is 0.776. The molecule has 0 aromatic heterocycles. The topological polar surface area (TPSA) is 77.1 Å². The molecule has 1 atom stereocenters. The maximum absolute atomic E-state index is 13.0. The summed E-state index contributed by atoms with van der Waals surface area (Å²) in [6, 6.07) is 11.1. The van der Waals surface area contributed by atoms with Crippen molar-refractivity contribution in [2.75, 3.05) is 39.6 Å². The number of fused-ring (bicyclic) bond motifs is 1. The third-order valence-corrected chi connectivity index (χ3v) is 6.93. The second kappa shape index (κ2) is 8.31. The first-order valence-electron chi connectivity index (χ1n) is 9.72. The monoisotopic (exact) mass is 418 g/mol. The molecule has 8 heteroatoms. The molecule has 1 fully saturated rings. The number of nitrogens with zero attached hydrogens (tertiary/aromatic N) is 1. The van der Waals surface area contributed by atoms with Gasteiger partial charge in [-0.3, -0.25) is 4.90 Å². The largest absolute Gasteiger partial charge is 0.454 e. The van der Waals surface area contributed by atoms with E-state index in [1.165, 1.54) is 0 Å². The van der Waals surface area contributed by atoms with Crippen molar-refractivity contribution in [1.82, 2.24) is 9.62 Å². The van der Waals surface area contributed by atoms with Crippen LogP contribution in [0.15, 0.2) is 41.3 Å². The van der Waals surface area contributed by atoms with Gasteiger partial charge in [0.1, 0.15) is 0 Å². The maximum Gasteiger partial charge on any atom is 0.240 e. The van der Waals surface area contributed by atoms with E-state index in [1.807, 2.05) is 44.2 Å². The summed E-state index contributed by atoms with van der Waals surface area (Å²) in [5.41, 5.74) is 2.63. The molecule has 0 saturated carbocycles. The lowest BCUT2D eigenvalue weighted by atomic mass is 10.0. The molecule has 2 heterocycles. The second-order valence-corrected chi connectivity index (χ2v) is 9.13. The molecule has 1 saturated heterocycles. The van der Waals surface area contributed by atoms with Crippen molar-refractivity contribution >= 4 is 10.0 Å². The van der Waals surface area contributed by atoms with Gasteiger partial charge in [-0.2, -0.15) is 0 Å². The highest BCUT2D eigenvalue weighted by Gasteiger charge is 2.27. The summed E-state index contributed by atoms with van der Waals surface area (Å²) in [5.74, 6) is 1.41. The zero-order chi connectivity index (χ0) is 20.4. The molecule has 1 N–H and O–H groups in total. The fourth-order valence-electron chi connectivity index (χ4n) is 3.73. The van der Waals surface area contributed by atoms with Crippen LogP contribution in [0.25, 0.3) is 0 Å². The van der Waals surface area contributed by atoms with Crippen LogP contribution in [-0.4, -0.2) is 53.0 Å². The first-order valence-corrected chi connectivity index (χ1v) is 11.2. The van der Waals surface area contributed by atoms with E-state index in [-0.39, 0.29) is 19.4 Å². The Morgan fingerprint density at radius 2 is 1.79 bits per heavy atom. The van der Waals surface area contributed by atoms with Gasteiger partial charge < -0.3 is 14.2 Å². The lowest BCUT2D eigenvalue weighted by Crippen LogP contribution is -2.43. The lowest BCUT2D eigenvalue weighted by molar-refractivity contribution is 0.0171. The predicted molar refractivity (Wildman–Crippen MR) is 109 cm³/mol. The van der Waals surface area contributed by atoms with Crippen molar-refractivity contribution < 1.29 is 22.6 Å². The molecule has 0 spiro atoms. The van der Waals surface area contributed by atoms with Crippen molar-refractivity contribution in [3.63, 3.8) is 0 Å². The Bertz CT molecular complexity index is 987. The molecular weight excluding hydrogens is 392 g/mol. The summed E-state index contributed by atoms with van der Waals surface area (Å²) < 4.78 is 45.3. The summed E-state index contributed by atoms with van der Waals surface area (Å²) >= 11 is 0. The lowest BCUT2D eigenvalue weighted by Gasteiger charge is -2.35. The number of ether oxygens (including phenoxy) is 3. The van der Waals surface area contributed by atoms with E-state index < -0.39 is 10.0 Å². The van der Waals surface area contributed by atoms with E-state index in [9.17, 15) is 8.42 Å². The summed E-state index contributed by atoms with van der Waals surface area (Å²) in [6.45, 7) is 6.91. The molecule has 0 bridgehead atoms. The second-order valence-electron chi connectivity index (χ2n) is 7.40. The van der Waals surface area contributed by atoms with Crippen molar-refractivity contribution in [2.45, 2.75) is 24.8 Å². The van der Waals surface area contributed by atoms with Crippen molar-refractivity contribution in [3.05, 3.63) is 53.1 Å². The molecule has 29 heavy (non-hydrogen) atoms. The third-order valence-electron chi connectivity index (χ3n) is 5.37. The molecule has 2 aliphatic rings. The van der Waals surface area contributed by atoms with E-state index in [4.69, 9.17) is 14.2 Å². The van der Waals surface area contributed by atoms with Crippen molar-refractivity contribution in [2.24, 2.45) is 0 Å². The van der Waals surface area contributed by atoms with Crippen LogP contribution in [0.5, 0.6) is 11.5 Å². The third kappa shape index (κ3) is 4.40. The number of hydrogen-bond acceptors (Lipinski definition) is 6. The van der Waals surface area contributed by atoms with E-state index in [1.54, 1.807) is 6.07 Å². The highest BCUT2D eigenvalue weighted by molar-refractivity contribution is 7.89. The Labute approximate surface area is 171 Å². The molecular formula is C21H26N2O5S. The molecule has 2 aromatic carbocycles. The van der Waals surface area contributed by atoms with Gasteiger partial charge in [0.05, 0.1) is 18.1 Å². The van der Waals surface area contributed by atoms with Gasteiger partial charge in [0.2, 0.25) is 16.8 Å². The van der Waals surface area contributed by atoms with Gasteiger partial charge in [0.15, 0.2) is 11.5 Å². The Kier molecular flexibility index (Phi) is 5.78. The van der Waals surface area contributed by atoms with Crippen LogP contribution in [0.4, 0.5) is 0 Å². The minimum absolute atomic E-state index is 0.131. The standard InChI is InChI=1S/C21H26N2O5S/c1-15-3-4-16(2)21(11-15)29(24,25)22-13-18(23-7-9-26-10-8-23)17-5-6-19-20(12-17)28-14-27-19/h3-6,11-12,18,22H,7-10,13-14H2,1-2H3/t18-/m0/s1. The fourth-order valence-corrected chi connectivity index (χ4v) is 5.10. The number of rotatable bonds is 6. The normalized spacial score (nSPS) is 18.0. The van der Waals surface area contributed by atoms with E-state index in [0.29, 0.717) is 29.6 Å². The van der Waals surface area contributed by atoms with Crippen LogP contribution in [-0.2, 0) is 14.8 Å². The summed E-state index contributed by atoms with van der Waals surface area (Å²) in [4.78, 5) is 2.57. The van der Waals surface area contributed by atoms with Crippen molar-refractivity contribution in [3.8, 4) is 11.5 Å². The van der Waals surface area contributed by atoms with Crippen LogP contribution in [0, 0.1) is 13.8 Å². The Hall–Kier alpha value is -2.13. The molecule has 2 aliphatic heterocycles. The number of aryl methyl sites for hydroxylation is 2. The Morgan fingerprint density at radius 3 is 2.59 bits per heavy atom. The number of benzene rings is 2. The zero-order valence-electron chi connectivity index (χ0n) is 16.7. The van der Waals surface area contributed by atoms with Crippen LogP contribution in [0.2, 0.25) is 0 Å². The minimum Gasteiger partial charge on any atom is -0.454 e. The van der Waals surface area contributed by atoms with Gasteiger partial charge in [-0.25, -0.2) is 13.1 Å². The highest BCUT2D eigenvalue weighted by Crippen LogP contribution is 2.35. The smallest absolute Gasteiger partial charge is 0.240 e. The molecule has 7 nitrogen and oxygen atoms in total. The number of sulfonamides is 1. The van der Waals surface area contributed by atoms with E-state index in [0.717, 1.165) is 29.8 Å². The molecule has 0 aliphatic carbocycles. The van der Waals surface area contributed by atoms with E-state index in [2.05, 4.69) is 9.62 Å².